The fraction of sp³-hybridized carbons (Fsp3) is 0.652. The van der Waals surface area contributed by atoms with E-state index >= 15 is 0 Å². The lowest BCUT2D eigenvalue weighted by atomic mass is 9.91. The van der Waals surface area contributed by atoms with Crippen LogP contribution in [-0.2, 0) is 9.47 Å². The van der Waals surface area contributed by atoms with Crippen molar-refractivity contribution in [3.63, 3.8) is 0 Å². The molecular weight excluding hydrogens is 425 g/mol. The van der Waals surface area contributed by atoms with Gasteiger partial charge >= 0.3 is 0 Å². The molecule has 2 fully saturated rings. The quantitative estimate of drug-likeness (QED) is 0.462. The molecule has 180 valence electrons. The molecule has 2 aliphatic rings. The lowest BCUT2D eigenvalue weighted by molar-refractivity contribution is 0.0699. The molecule has 9 nitrogen and oxygen atoms in total. The molecule has 10 heteroatoms. The van der Waals surface area contributed by atoms with E-state index in [1.165, 1.54) is 6.20 Å². The maximum Gasteiger partial charge on any atom is 0.223 e. The van der Waals surface area contributed by atoms with Crippen LogP contribution in [0.3, 0.4) is 0 Å². The molecule has 1 aliphatic heterocycles. The van der Waals surface area contributed by atoms with Crippen LogP contribution in [-0.4, -0.2) is 72.0 Å². The van der Waals surface area contributed by atoms with Gasteiger partial charge in [-0.15, -0.1) is 0 Å². The molecule has 1 saturated heterocycles. The Bertz CT molecular complexity index is 874. The number of nitrogens with one attached hydrogen (secondary N) is 3. The highest BCUT2D eigenvalue weighted by Crippen LogP contribution is 2.23. The molecule has 1 aliphatic carbocycles. The predicted molar refractivity (Wildman–Crippen MR) is 125 cm³/mol. The highest BCUT2D eigenvalue weighted by molar-refractivity contribution is 5.54. The Balaban J connectivity index is 1.34. The van der Waals surface area contributed by atoms with Gasteiger partial charge in [-0.05, 0) is 50.5 Å². The van der Waals surface area contributed by atoms with Gasteiger partial charge in [-0.2, -0.15) is 0 Å². The summed E-state index contributed by atoms with van der Waals surface area (Å²) in [4.78, 5) is 17.3. The molecule has 3 heterocycles. The maximum atomic E-state index is 14.6. The van der Waals surface area contributed by atoms with Crippen LogP contribution in [0.2, 0.25) is 0 Å². The van der Waals surface area contributed by atoms with Crippen molar-refractivity contribution >= 4 is 11.8 Å². The molecule has 0 atom stereocenters. The van der Waals surface area contributed by atoms with Gasteiger partial charge in [-0.25, -0.2) is 24.3 Å². The first-order valence-electron chi connectivity index (χ1n) is 11.9. The standard InChI is InChI=1S/C23H34FN7O2/c1-32-13-10-25-17-2-4-18(5-3-17)29-23-28-15-19(24)21(31-23)22-26-9-6-20(30-22)27-14-16-7-11-33-12-8-16/h6,9,15-18,25H,2-5,7-8,10-14H2,1H3,(H,26,27,30)(H,28,29,31). The van der Waals surface area contributed by atoms with Crippen molar-refractivity contribution in [3.05, 3.63) is 24.3 Å². The maximum absolute atomic E-state index is 14.6. The molecular formula is C23H34FN7O2. The summed E-state index contributed by atoms with van der Waals surface area (Å²) in [5.74, 6) is 1.34. The van der Waals surface area contributed by atoms with E-state index in [9.17, 15) is 4.39 Å². The summed E-state index contributed by atoms with van der Waals surface area (Å²) in [5, 5.41) is 10.2. The number of aromatic nitrogens is 4. The lowest BCUT2D eigenvalue weighted by Crippen LogP contribution is -2.38. The Kier molecular flexibility index (Phi) is 8.73. The Labute approximate surface area is 194 Å². The average Bonchev–Trinajstić information content (AvgIpc) is 2.86. The van der Waals surface area contributed by atoms with Crippen molar-refractivity contribution in [2.24, 2.45) is 5.92 Å². The van der Waals surface area contributed by atoms with Gasteiger partial charge in [-0.3, -0.25) is 0 Å². The zero-order chi connectivity index (χ0) is 22.9. The average molecular weight is 460 g/mol. The summed E-state index contributed by atoms with van der Waals surface area (Å²) in [6.07, 6.45) is 9.02. The number of rotatable bonds is 10. The fourth-order valence-corrected chi connectivity index (χ4v) is 4.35. The number of hydrogen-bond acceptors (Lipinski definition) is 9. The minimum atomic E-state index is -0.534. The summed E-state index contributed by atoms with van der Waals surface area (Å²) >= 11 is 0. The second-order valence-electron chi connectivity index (χ2n) is 8.73. The first-order chi connectivity index (χ1) is 16.2. The number of nitrogens with zero attached hydrogens (tertiary/aromatic N) is 4. The number of ether oxygens (including phenoxy) is 2. The SMILES string of the molecule is COCCNC1CCC(Nc2ncc(F)c(-c3nccc(NCC4CCOCC4)n3)n2)CC1. The van der Waals surface area contributed by atoms with Gasteiger partial charge in [0.25, 0.3) is 0 Å². The normalized spacial score (nSPS) is 21.6. The summed E-state index contributed by atoms with van der Waals surface area (Å²) in [6, 6.07) is 2.56. The zero-order valence-electron chi connectivity index (χ0n) is 19.2. The molecule has 1 saturated carbocycles. The van der Waals surface area contributed by atoms with Crippen molar-refractivity contribution in [2.45, 2.75) is 50.6 Å². The highest BCUT2D eigenvalue weighted by atomic mass is 19.1. The lowest BCUT2D eigenvalue weighted by Gasteiger charge is -2.29. The molecule has 0 bridgehead atoms. The molecule has 2 aromatic rings. The monoisotopic (exact) mass is 459 g/mol. The van der Waals surface area contributed by atoms with Crippen LogP contribution >= 0.6 is 0 Å². The van der Waals surface area contributed by atoms with Crippen molar-refractivity contribution in [2.75, 3.05) is 50.7 Å². The number of anilines is 2. The van der Waals surface area contributed by atoms with Gasteiger partial charge in [-0.1, -0.05) is 0 Å². The summed E-state index contributed by atoms with van der Waals surface area (Å²) < 4.78 is 25.1. The molecule has 2 aromatic heterocycles. The number of methoxy groups -OCH3 is 1. The van der Waals surface area contributed by atoms with E-state index < -0.39 is 5.82 Å². The second kappa shape index (κ2) is 12.2. The Morgan fingerprint density at radius 3 is 2.64 bits per heavy atom. The Hall–Kier alpha value is -2.43. The van der Waals surface area contributed by atoms with Gasteiger partial charge in [0.15, 0.2) is 11.6 Å². The van der Waals surface area contributed by atoms with Gasteiger partial charge in [0.05, 0.1) is 12.8 Å². The highest BCUT2D eigenvalue weighted by Gasteiger charge is 2.22. The van der Waals surface area contributed by atoms with Gasteiger partial charge in [0.2, 0.25) is 5.95 Å². The van der Waals surface area contributed by atoms with E-state index in [0.29, 0.717) is 23.7 Å². The van der Waals surface area contributed by atoms with E-state index in [4.69, 9.17) is 9.47 Å². The molecule has 3 N–H and O–H groups in total. The van der Waals surface area contributed by atoms with E-state index in [1.807, 2.05) is 0 Å². The molecule has 4 rings (SSSR count). The molecule has 0 aromatic carbocycles. The van der Waals surface area contributed by atoms with Crippen molar-refractivity contribution in [1.82, 2.24) is 25.3 Å². The van der Waals surface area contributed by atoms with Crippen LogP contribution in [0.4, 0.5) is 16.2 Å². The molecule has 33 heavy (non-hydrogen) atoms. The fourth-order valence-electron chi connectivity index (χ4n) is 4.35. The van der Waals surface area contributed by atoms with Crippen LogP contribution in [0, 0.1) is 11.7 Å². The number of halogens is 1. The molecule has 0 radical (unpaired) electrons. The first-order valence-corrected chi connectivity index (χ1v) is 11.9. The minimum Gasteiger partial charge on any atom is -0.383 e. The third kappa shape index (κ3) is 7.02. The molecule has 0 unspecified atom stereocenters. The molecule has 0 spiro atoms. The van der Waals surface area contributed by atoms with E-state index in [-0.39, 0.29) is 17.6 Å². The van der Waals surface area contributed by atoms with Crippen LogP contribution in [0.15, 0.2) is 18.5 Å². The van der Waals surface area contributed by atoms with Crippen molar-refractivity contribution in [1.29, 1.82) is 0 Å². The first kappa shape index (κ1) is 23.7. The minimum absolute atomic E-state index is 0.108. The van der Waals surface area contributed by atoms with Gasteiger partial charge < -0.3 is 25.4 Å². The third-order valence-electron chi connectivity index (χ3n) is 6.32. The van der Waals surface area contributed by atoms with Crippen LogP contribution in [0.5, 0.6) is 0 Å². The van der Waals surface area contributed by atoms with E-state index in [2.05, 4.69) is 35.9 Å². The van der Waals surface area contributed by atoms with E-state index in [0.717, 1.165) is 71.4 Å². The summed E-state index contributed by atoms with van der Waals surface area (Å²) in [6.45, 7) is 4.00. The predicted octanol–water partition coefficient (Wildman–Crippen LogP) is 2.87. The van der Waals surface area contributed by atoms with Gasteiger partial charge in [0, 0.05) is 51.7 Å². The van der Waals surface area contributed by atoms with E-state index in [1.54, 1.807) is 19.4 Å². The number of hydrogen-bond donors (Lipinski definition) is 3. The van der Waals surface area contributed by atoms with Gasteiger partial charge in [0.1, 0.15) is 11.5 Å². The Morgan fingerprint density at radius 2 is 1.85 bits per heavy atom. The zero-order valence-corrected chi connectivity index (χ0v) is 19.2. The summed E-state index contributed by atoms with van der Waals surface area (Å²) in [7, 11) is 1.71. The summed E-state index contributed by atoms with van der Waals surface area (Å²) in [5.41, 5.74) is 0.108. The topological polar surface area (TPSA) is 106 Å². The van der Waals surface area contributed by atoms with Crippen LogP contribution in [0.25, 0.3) is 11.5 Å². The largest absolute Gasteiger partial charge is 0.383 e. The van der Waals surface area contributed by atoms with Crippen LogP contribution < -0.4 is 16.0 Å². The van der Waals surface area contributed by atoms with Crippen molar-refractivity contribution in [3.8, 4) is 11.5 Å². The second-order valence-corrected chi connectivity index (χ2v) is 8.73. The third-order valence-corrected chi connectivity index (χ3v) is 6.32. The Morgan fingerprint density at radius 1 is 1.06 bits per heavy atom. The van der Waals surface area contributed by atoms with Crippen molar-refractivity contribution < 1.29 is 13.9 Å². The smallest absolute Gasteiger partial charge is 0.223 e. The van der Waals surface area contributed by atoms with Crippen LogP contribution in [0.1, 0.15) is 38.5 Å². The molecule has 0 amide bonds.